The highest BCUT2D eigenvalue weighted by atomic mass is 15.0. The van der Waals surface area contributed by atoms with Gasteiger partial charge in [0.15, 0.2) is 5.82 Å². The summed E-state index contributed by atoms with van der Waals surface area (Å²) in [6.07, 6.45) is 6.03. The van der Waals surface area contributed by atoms with Crippen LogP contribution in [0.1, 0.15) is 12.8 Å². The number of hydrogen-bond donors (Lipinski definition) is 2. The van der Waals surface area contributed by atoms with Crippen molar-refractivity contribution < 1.29 is 0 Å². The van der Waals surface area contributed by atoms with E-state index in [0.29, 0.717) is 5.92 Å². The van der Waals surface area contributed by atoms with E-state index in [9.17, 15) is 0 Å². The van der Waals surface area contributed by atoms with Gasteiger partial charge in [-0.15, -0.1) is 0 Å². The Morgan fingerprint density at radius 2 is 1.77 bits per heavy atom. The molecule has 3 aromatic rings. The molecule has 5 heteroatoms. The number of nitrogens with one attached hydrogen (secondary N) is 2. The molecule has 5 nitrogen and oxygen atoms in total. The van der Waals surface area contributed by atoms with Gasteiger partial charge in [-0.3, -0.25) is 4.98 Å². The number of hydrogen-bond acceptors (Lipinski definition) is 5. The maximum atomic E-state index is 4.77. The van der Waals surface area contributed by atoms with Gasteiger partial charge in [-0.25, -0.2) is 9.97 Å². The average Bonchev–Trinajstić information content (AvgIpc) is 2.74. The number of benzene rings is 1. The van der Waals surface area contributed by atoms with E-state index in [0.717, 1.165) is 48.1 Å². The molecular weight excluding hydrogens is 322 g/mol. The largest absolute Gasteiger partial charge is 0.370 e. The lowest BCUT2D eigenvalue weighted by atomic mass is 9.98. The molecule has 1 fully saturated rings. The van der Waals surface area contributed by atoms with E-state index in [-0.39, 0.29) is 0 Å². The fraction of sp³-hybridized carbons (Fsp3) is 0.286. The Morgan fingerprint density at radius 3 is 2.54 bits per heavy atom. The summed E-state index contributed by atoms with van der Waals surface area (Å²) in [5, 5.41) is 6.95. The smallest absolute Gasteiger partial charge is 0.162 e. The molecule has 1 aliphatic heterocycles. The van der Waals surface area contributed by atoms with E-state index < -0.39 is 0 Å². The maximum Gasteiger partial charge on any atom is 0.162 e. The van der Waals surface area contributed by atoms with Gasteiger partial charge in [0, 0.05) is 36.1 Å². The minimum atomic E-state index is 0.688. The van der Waals surface area contributed by atoms with Gasteiger partial charge in [0.25, 0.3) is 0 Å². The molecule has 1 aliphatic rings. The van der Waals surface area contributed by atoms with Crippen LogP contribution in [0.3, 0.4) is 0 Å². The van der Waals surface area contributed by atoms with E-state index in [1.807, 2.05) is 54.7 Å². The van der Waals surface area contributed by atoms with Crippen molar-refractivity contribution in [2.24, 2.45) is 5.92 Å². The fourth-order valence-corrected chi connectivity index (χ4v) is 3.25. The zero-order valence-electron chi connectivity index (χ0n) is 14.7. The molecule has 1 saturated heterocycles. The molecule has 0 amide bonds. The predicted molar refractivity (Wildman–Crippen MR) is 105 cm³/mol. The molecule has 0 spiro atoms. The van der Waals surface area contributed by atoms with E-state index in [1.54, 1.807) is 6.20 Å². The van der Waals surface area contributed by atoms with Crippen LogP contribution in [-0.2, 0) is 0 Å². The van der Waals surface area contributed by atoms with Gasteiger partial charge < -0.3 is 10.6 Å². The van der Waals surface area contributed by atoms with Crippen LogP contribution in [0.25, 0.3) is 22.6 Å². The first-order valence-electron chi connectivity index (χ1n) is 9.18. The zero-order chi connectivity index (χ0) is 17.6. The monoisotopic (exact) mass is 345 g/mol. The summed E-state index contributed by atoms with van der Waals surface area (Å²) < 4.78 is 0. The second-order valence-electron chi connectivity index (χ2n) is 6.64. The van der Waals surface area contributed by atoms with Crippen LogP contribution in [0, 0.1) is 5.92 Å². The minimum absolute atomic E-state index is 0.688. The van der Waals surface area contributed by atoms with Gasteiger partial charge in [0.1, 0.15) is 5.82 Å². The molecule has 2 aromatic heterocycles. The molecule has 0 atom stereocenters. The highest BCUT2D eigenvalue weighted by molar-refractivity contribution is 5.66. The molecule has 0 aliphatic carbocycles. The lowest BCUT2D eigenvalue weighted by Crippen LogP contribution is -2.31. The predicted octanol–water partition coefficient (Wildman–Crippen LogP) is 3.62. The maximum absolute atomic E-state index is 4.77. The second-order valence-corrected chi connectivity index (χ2v) is 6.64. The highest BCUT2D eigenvalue weighted by Crippen LogP contribution is 2.24. The van der Waals surface area contributed by atoms with Crippen LogP contribution < -0.4 is 10.6 Å². The Hall–Kier alpha value is -2.79. The molecule has 0 radical (unpaired) electrons. The molecule has 2 N–H and O–H groups in total. The van der Waals surface area contributed by atoms with Gasteiger partial charge in [0.05, 0.1) is 5.69 Å². The van der Waals surface area contributed by atoms with Crippen LogP contribution in [0.15, 0.2) is 60.9 Å². The summed E-state index contributed by atoms with van der Waals surface area (Å²) in [7, 11) is 0. The van der Waals surface area contributed by atoms with Crippen LogP contribution in [0.5, 0.6) is 0 Å². The van der Waals surface area contributed by atoms with Crippen molar-refractivity contribution in [3.63, 3.8) is 0 Å². The Kier molecular flexibility index (Phi) is 5.17. The van der Waals surface area contributed by atoms with Crippen molar-refractivity contribution in [1.29, 1.82) is 0 Å². The van der Waals surface area contributed by atoms with Gasteiger partial charge in [-0.05, 0) is 44.0 Å². The fourth-order valence-electron chi connectivity index (χ4n) is 3.25. The van der Waals surface area contributed by atoms with Crippen molar-refractivity contribution >= 4 is 5.82 Å². The summed E-state index contributed by atoms with van der Waals surface area (Å²) >= 11 is 0. The average molecular weight is 345 g/mol. The Bertz CT molecular complexity index is 772. The lowest BCUT2D eigenvalue weighted by Gasteiger charge is -2.23. The van der Waals surface area contributed by atoms with Crippen molar-refractivity contribution in [2.45, 2.75) is 12.8 Å². The van der Waals surface area contributed by atoms with Crippen LogP contribution >= 0.6 is 0 Å². The van der Waals surface area contributed by atoms with Gasteiger partial charge in [0.2, 0.25) is 0 Å². The molecule has 26 heavy (non-hydrogen) atoms. The summed E-state index contributed by atoms with van der Waals surface area (Å²) in [6, 6.07) is 16.1. The third-order valence-electron chi connectivity index (χ3n) is 4.75. The van der Waals surface area contributed by atoms with Gasteiger partial charge in [-0.2, -0.15) is 0 Å². The van der Waals surface area contributed by atoms with Crippen LogP contribution in [0.4, 0.5) is 5.82 Å². The molecular formula is C21H23N5. The molecule has 0 unspecified atom stereocenters. The highest BCUT2D eigenvalue weighted by Gasteiger charge is 2.14. The first-order chi connectivity index (χ1) is 12.9. The van der Waals surface area contributed by atoms with E-state index in [4.69, 9.17) is 9.97 Å². The third-order valence-corrected chi connectivity index (χ3v) is 4.75. The Morgan fingerprint density at radius 1 is 0.962 bits per heavy atom. The van der Waals surface area contributed by atoms with Crippen molar-refractivity contribution in [3.8, 4) is 22.6 Å². The zero-order valence-corrected chi connectivity index (χ0v) is 14.7. The number of nitrogens with zero attached hydrogens (tertiary/aromatic N) is 3. The van der Waals surface area contributed by atoms with Crippen LogP contribution in [-0.4, -0.2) is 34.6 Å². The van der Waals surface area contributed by atoms with Gasteiger partial charge >= 0.3 is 0 Å². The minimum Gasteiger partial charge on any atom is -0.370 e. The summed E-state index contributed by atoms with van der Waals surface area (Å²) in [5.41, 5.74) is 2.90. The summed E-state index contributed by atoms with van der Waals surface area (Å²) in [4.78, 5) is 13.7. The number of aromatic nitrogens is 3. The number of pyridine rings is 1. The van der Waals surface area contributed by atoms with Crippen molar-refractivity contribution in [1.82, 2.24) is 20.3 Å². The Labute approximate surface area is 153 Å². The first kappa shape index (κ1) is 16.7. The van der Waals surface area contributed by atoms with Crippen LogP contribution in [0.2, 0.25) is 0 Å². The number of rotatable bonds is 5. The van der Waals surface area contributed by atoms with Gasteiger partial charge in [-0.1, -0.05) is 30.3 Å². The van der Waals surface area contributed by atoms with E-state index >= 15 is 0 Å². The lowest BCUT2D eigenvalue weighted by molar-refractivity contribution is 0.389. The molecule has 132 valence electrons. The van der Waals surface area contributed by atoms with Crippen molar-refractivity contribution in [3.05, 3.63) is 60.9 Å². The molecule has 1 aromatic carbocycles. The quantitative estimate of drug-likeness (QED) is 0.739. The third kappa shape index (κ3) is 4.06. The molecule has 4 rings (SSSR count). The standard InChI is InChI=1S/C21H23N5/c1-2-5-17(6-3-1)21-25-19(18-7-4-10-23-15-18)13-20(26-21)24-14-16-8-11-22-12-9-16/h1-7,10,13,15-16,22H,8-9,11-12,14H2,(H,24,25,26). The second kappa shape index (κ2) is 8.06. The number of anilines is 1. The SMILES string of the molecule is c1ccc(-c2nc(NCC3CCNCC3)cc(-c3cccnc3)n2)cc1. The summed E-state index contributed by atoms with van der Waals surface area (Å²) in [5.74, 6) is 2.30. The first-order valence-corrected chi connectivity index (χ1v) is 9.18. The normalized spacial score (nSPS) is 14.9. The molecule has 0 saturated carbocycles. The topological polar surface area (TPSA) is 62.7 Å². The van der Waals surface area contributed by atoms with E-state index in [2.05, 4.69) is 15.6 Å². The molecule has 3 heterocycles. The Balaban J connectivity index is 1.64. The molecule has 0 bridgehead atoms. The van der Waals surface area contributed by atoms with Crippen molar-refractivity contribution in [2.75, 3.05) is 25.0 Å². The van der Waals surface area contributed by atoms with E-state index in [1.165, 1.54) is 12.8 Å². The summed E-state index contributed by atoms with van der Waals surface area (Å²) in [6.45, 7) is 3.15. The number of piperidine rings is 1.